The minimum Gasteiger partial charge on any atom is -0.371 e. The molecule has 16 heavy (non-hydrogen) atoms. The summed E-state index contributed by atoms with van der Waals surface area (Å²) in [5, 5.41) is 10.6. The van der Waals surface area contributed by atoms with Crippen LogP contribution in [0.3, 0.4) is 0 Å². The Bertz CT molecular complexity index is 488. The predicted octanol–water partition coefficient (Wildman–Crippen LogP) is 2.35. The van der Waals surface area contributed by atoms with E-state index in [1.54, 1.807) is 11.3 Å². The molecule has 0 radical (unpaired) electrons. The van der Waals surface area contributed by atoms with Crippen LogP contribution in [-0.2, 0) is 4.74 Å². The van der Waals surface area contributed by atoms with E-state index in [-0.39, 0.29) is 6.10 Å². The summed E-state index contributed by atoms with van der Waals surface area (Å²) >= 11 is 1.61. The van der Waals surface area contributed by atoms with Gasteiger partial charge in [0.1, 0.15) is 22.5 Å². The molecule has 6 heteroatoms. The highest BCUT2D eigenvalue weighted by Gasteiger charge is 2.22. The van der Waals surface area contributed by atoms with Gasteiger partial charge < -0.3 is 4.74 Å². The van der Waals surface area contributed by atoms with Gasteiger partial charge in [-0.3, -0.25) is 0 Å². The van der Waals surface area contributed by atoms with Crippen LogP contribution in [-0.4, -0.2) is 21.9 Å². The number of rotatable bonds is 2. The third-order valence-corrected chi connectivity index (χ3v) is 3.56. The Balaban J connectivity index is 1.90. The lowest BCUT2D eigenvalue weighted by atomic mass is 10.2. The van der Waals surface area contributed by atoms with E-state index in [4.69, 9.17) is 4.74 Å². The van der Waals surface area contributed by atoms with Gasteiger partial charge >= 0.3 is 0 Å². The molecule has 1 saturated heterocycles. The molecule has 1 atom stereocenters. The first-order valence-electron chi connectivity index (χ1n) is 5.21. The lowest BCUT2D eigenvalue weighted by Crippen LogP contribution is -1.94. The van der Waals surface area contributed by atoms with E-state index in [0.717, 1.165) is 41.5 Å². The SMILES string of the molecule is Cc1nonc1-c1csc([C@H]2CCCO2)n1. The van der Waals surface area contributed by atoms with Crippen LogP contribution < -0.4 is 0 Å². The Morgan fingerprint density at radius 3 is 3.06 bits per heavy atom. The largest absolute Gasteiger partial charge is 0.371 e. The van der Waals surface area contributed by atoms with E-state index in [9.17, 15) is 0 Å². The fourth-order valence-electron chi connectivity index (χ4n) is 1.78. The van der Waals surface area contributed by atoms with Crippen molar-refractivity contribution in [2.45, 2.75) is 25.9 Å². The zero-order valence-corrected chi connectivity index (χ0v) is 9.66. The zero-order chi connectivity index (χ0) is 11.0. The summed E-state index contributed by atoms with van der Waals surface area (Å²) in [6.07, 6.45) is 2.34. The fourth-order valence-corrected chi connectivity index (χ4v) is 2.67. The number of nitrogens with zero attached hydrogens (tertiary/aromatic N) is 3. The molecule has 0 aromatic carbocycles. The summed E-state index contributed by atoms with van der Waals surface area (Å²) in [6.45, 7) is 2.70. The number of aromatic nitrogens is 3. The fraction of sp³-hybridized carbons (Fsp3) is 0.500. The van der Waals surface area contributed by atoms with Gasteiger partial charge in [-0.2, -0.15) is 0 Å². The lowest BCUT2D eigenvalue weighted by molar-refractivity contribution is 0.112. The minimum atomic E-state index is 0.166. The first-order chi connectivity index (χ1) is 7.84. The normalized spacial score (nSPS) is 20.4. The Morgan fingerprint density at radius 2 is 2.38 bits per heavy atom. The summed E-state index contributed by atoms with van der Waals surface area (Å²) < 4.78 is 10.3. The summed E-state index contributed by atoms with van der Waals surface area (Å²) in [6, 6.07) is 0. The van der Waals surface area contributed by atoms with Crippen LogP contribution in [0.4, 0.5) is 0 Å². The van der Waals surface area contributed by atoms with E-state index < -0.39 is 0 Å². The van der Waals surface area contributed by atoms with Crippen molar-refractivity contribution in [2.24, 2.45) is 0 Å². The molecule has 0 aliphatic carbocycles. The molecule has 5 nitrogen and oxygen atoms in total. The molecule has 0 amide bonds. The summed E-state index contributed by atoms with van der Waals surface area (Å²) in [7, 11) is 0. The van der Waals surface area contributed by atoms with Crippen LogP contribution in [0.25, 0.3) is 11.4 Å². The van der Waals surface area contributed by atoms with E-state index in [2.05, 4.69) is 19.9 Å². The second kappa shape index (κ2) is 3.95. The van der Waals surface area contributed by atoms with Crippen LogP contribution in [0.1, 0.15) is 29.6 Å². The van der Waals surface area contributed by atoms with Gasteiger partial charge in [0.2, 0.25) is 0 Å². The van der Waals surface area contributed by atoms with Crippen LogP contribution in [0.15, 0.2) is 10.0 Å². The average Bonchev–Trinajstić information content (AvgIpc) is 2.96. The molecular formula is C10H11N3O2S. The van der Waals surface area contributed by atoms with Gasteiger partial charge in [-0.1, -0.05) is 5.16 Å². The molecule has 0 spiro atoms. The van der Waals surface area contributed by atoms with Gasteiger partial charge in [-0.05, 0) is 24.9 Å². The van der Waals surface area contributed by atoms with Crippen LogP contribution >= 0.6 is 11.3 Å². The molecule has 2 aromatic heterocycles. The number of ether oxygens (including phenoxy) is 1. The van der Waals surface area contributed by atoms with Gasteiger partial charge in [-0.15, -0.1) is 11.3 Å². The Labute approximate surface area is 96.4 Å². The Kier molecular flexibility index (Phi) is 2.45. The Morgan fingerprint density at radius 1 is 1.44 bits per heavy atom. The average molecular weight is 237 g/mol. The molecule has 3 heterocycles. The van der Waals surface area contributed by atoms with Crippen LogP contribution in [0.2, 0.25) is 0 Å². The van der Waals surface area contributed by atoms with Gasteiger partial charge in [0.25, 0.3) is 0 Å². The zero-order valence-electron chi connectivity index (χ0n) is 8.84. The van der Waals surface area contributed by atoms with Crippen molar-refractivity contribution in [3.05, 3.63) is 16.1 Å². The van der Waals surface area contributed by atoms with Gasteiger partial charge in [0, 0.05) is 12.0 Å². The molecule has 0 saturated carbocycles. The molecule has 0 unspecified atom stereocenters. The molecule has 1 aliphatic heterocycles. The van der Waals surface area contributed by atoms with Gasteiger partial charge in [0.05, 0.1) is 0 Å². The number of hydrogen-bond acceptors (Lipinski definition) is 6. The predicted molar refractivity (Wildman–Crippen MR) is 58.1 cm³/mol. The monoisotopic (exact) mass is 237 g/mol. The van der Waals surface area contributed by atoms with Crippen molar-refractivity contribution in [3.8, 4) is 11.4 Å². The highest BCUT2D eigenvalue weighted by atomic mass is 32.1. The third kappa shape index (κ3) is 1.64. The van der Waals surface area contributed by atoms with Gasteiger partial charge in [-0.25, -0.2) is 9.61 Å². The molecule has 0 bridgehead atoms. The highest BCUT2D eigenvalue weighted by molar-refractivity contribution is 7.10. The molecule has 1 aliphatic rings. The summed E-state index contributed by atoms with van der Waals surface area (Å²) in [5.74, 6) is 0. The minimum absolute atomic E-state index is 0.166. The first-order valence-corrected chi connectivity index (χ1v) is 6.09. The highest BCUT2D eigenvalue weighted by Crippen LogP contribution is 2.33. The van der Waals surface area contributed by atoms with Crippen molar-refractivity contribution in [1.82, 2.24) is 15.3 Å². The first kappa shape index (κ1) is 9.92. The van der Waals surface area contributed by atoms with E-state index in [0.29, 0.717) is 0 Å². The third-order valence-electron chi connectivity index (χ3n) is 2.62. The van der Waals surface area contributed by atoms with Crippen LogP contribution in [0, 0.1) is 6.92 Å². The molecule has 84 valence electrons. The lowest BCUT2D eigenvalue weighted by Gasteiger charge is -2.03. The maximum atomic E-state index is 5.59. The van der Waals surface area contributed by atoms with Gasteiger partial charge in [0.15, 0.2) is 5.69 Å². The topological polar surface area (TPSA) is 61.0 Å². The van der Waals surface area contributed by atoms with Crippen molar-refractivity contribution in [3.63, 3.8) is 0 Å². The standard InChI is InChI=1S/C10H11N3O2S/c1-6-9(13-15-12-6)7-5-16-10(11-7)8-3-2-4-14-8/h5,8H,2-4H2,1H3/t8-/m1/s1. The molecule has 2 aromatic rings. The molecule has 3 rings (SSSR count). The second-order valence-electron chi connectivity index (χ2n) is 3.77. The molecule has 0 N–H and O–H groups in total. The van der Waals surface area contributed by atoms with Crippen molar-refractivity contribution in [1.29, 1.82) is 0 Å². The number of aryl methyl sites for hydroxylation is 1. The summed E-state index contributed by atoms with van der Waals surface area (Å²) in [4.78, 5) is 4.53. The summed E-state index contributed by atoms with van der Waals surface area (Å²) in [5.41, 5.74) is 2.32. The maximum Gasteiger partial charge on any atom is 0.157 e. The van der Waals surface area contributed by atoms with E-state index in [1.807, 2.05) is 12.3 Å². The smallest absolute Gasteiger partial charge is 0.157 e. The number of hydrogen-bond donors (Lipinski definition) is 0. The van der Waals surface area contributed by atoms with Crippen molar-refractivity contribution < 1.29 is 9.37 Å². The van der Waals surface area contributed by atoms with E-state index >= 15 is 0 Å². The maximum absolute atomic E-state index is 5.59. The van der Waals surface area contributed by atoms with Crippen molar-refractivity contribution >= 4 is 11.3 Å². The van der Waals surface area contributed by atoms with E-state index in [1.165, 1.54) is 0 Å². The molecular weight excluding hydrogens is 226 g/mol. The Hall–Kier alpha value is -1.27. The van der Waals surface area contributed by atoms with Crippen LogP contribution in [0.5, 0.6) is 0 Å². The second-order valence-corrected chi connectivity index (χ2v) is 4.66. The van der Waals surface area contributed by atoms with Crippen molar-refractivity contribution in [2.75, 3.05) is 6.61 Å². The quantitative estimate of drug-likeness (QED) is 0.802. The number of thiazole rings is 1. The molecule has 1 fully saturated rings.